The lowest BCUT2D eigenvalue weighted by atomic mass is 9.98. The number of ether oxygens (including phenoxy) is 2. The molecule has 1 heterocycles. The number of carbonyl (C=O) groups is 1. The molecule has 0 spiro atoms. The normalized spacial score (nSPS) is 13.4. The molecule has 0 N–H and O–H groups in total. The van der Waals surface area contributed by atoms with Crippen LogP contribution in [0.2, 0.25) is 0 Å². The van der Waals surface area contributed by atoms with Crippen molar-refractivity contribution in [3.8, 4) is 5.75 Å². The summed E-state index contributed by atoms with van der Waals surface area (Å²) in [7, 11) is 1.69. The summed E-state index contributed by atoms with van der Waals surface area (Å²) >= 11 is 0. The fraction of sp³-hybridized carbons (Fsp3) is 0.316. The number of anilines is 1. The molecule has 0 unspecified atom stereocenters. The molecule has 120 valence electrons. The second kappa shape index (κ2) is 6.73. The van der Waals surface area contributed by atoms with Crippen molar-refractivity contribution >= 4 is 11.7 Å². The van der Waals surface area contributed by atoms with Crippen LogP contribution in [0.5, 0.6) is 5.75 Å². The lowest BCUT2D eigenvalue weighted by Gasteiger charge is -2.31. The Balaban J connectivity index is 1.80. The molecule has 4 heteroatoms. The van der Waals surface area contributed by atoms with Crippen molar-refractivity contribution in [2.24, 2.45) is 0 Å². The van der Waals surface area contributed by atoms with Crippen LogP contribution in [0.15, 0.2) is 42.5 Å². The van der Waals surface area contributed by atoms with E-state index in [1.54, 1.807) is 13.2 Å². The van der Waals surface area contributed by atoms with Crippen LogP contribution in [-0.4, -0.2) is 26.2 Å². The van der Waals surface area contributed by atoms with E-state index in [1.165, 1.54) is 11.1 Å². The molecule has 0 radical (unpaired) electrons. The van der Waals surface area contributed by atoms with Gasteiger partial charge in [-0.2, -0.15) is 0 Å². The van der Waals surface area contributed by atoms with E-state index >= 15 is 0 Å². The summed E-state index contributed by atoms with van der Waals surface area (Å²) in [5.74, 6) is 0.637. The molecule has 4 nitrogen and oxygen atoms in total. The van der Waals surface area contributed by atoms with Crippen LogP contribution in [0.3, 0.4) is 0 Å². The molecular weight excluding hydrogens is 290 g/mol. The fourth-order valence-electron chi connectivity index (χ4n) is 2.92. The number of nitrogens with zero attached hydrogens (tertiary/aromatic N) is 1. The first-order valence-electron chi connectivity index (χ1n) is 7.89. The second-order valence-electron chi connectivity index (χ2n) is 5.58. The number of fused-ring (bicyclic) bond motifs is 1. The topological polar surface area (TPSA) is 38.8 Å². The van der Waals surface area contributed by atoms with Gasteiger partial charge in [0.25, 0.3) is 0 Å². The third kappa shape index (κ3) is 3.31. The number of methoxy groups -OCH3 is 1. The van der Waals surface area contributed by atoms with E-state index in [9.17, 15) is 4.79 Å². The van der Waals surface area contributed by atoms with Gasteiger partial charge in [0, 0.05) is 18.8 Å². The van der Waals surface area contributed by atoms with Crippen molar-refractivity contribution in [3.05, 3.63) is 59.2 Å². The third-order valence-corrected chi connectivity index (χ3v) is 4.15. The molecular formula is C19H21NO3. The fourth-order valence-corrected chi connectivity index (χ4v) is 2.92. The first kappa shape index (κ1) is 15.4. The summed E-state index contributed by atoms with van der Waals surface area (Å²) in [6, 6.07) is 13.9. The molecule has 3 rings (SSSR count). The van der Waals surface area contributed by atoms with Crippen LogP contribution in [-0.2, 0) is 17.7 Å². The zero-order valence-electron chi connectivity index (χ0n) is 13.5. The van der Waals surface area contributed by atoms with Crippen molar-refractivity contribution in [3.63, 3.8) is 0 Å². The van der Waals surface area contributed by atoms with Gasteiger partial charge >= 0.3 is 5.97 Å². The Kier molecular flexibility index (Phi) is 4.51. The van der Waals surface area contributed by atoms with Crippen LogP contribution in [0, 0.1) is 0 Å². The maximum atomic E-state index is 11.9. The Hall–Kier alpha value is -2.49. The van der Waals surface area contributed by atoms with Gasteiger partial charge in [0.1, 0.15) is 5.75 Å². The van der Waals surface area contributed by atoms with Crippen LogP contribution >= 0.6 is 0 Å². The molecule has 1 aliphatic rings. The highest BCUT2D eigenvalue weighted by Gasteiger charge is 2.18. The molecule has 0 amide bonds. The maximum Gasteiger partial charge on any atom is 0.338 e. The van der Waals surface area contributed by atoms with E-state index in [4.69, 9.17) is 9.47 Å². The molecule has 0 saturated carbocycles. The number of hydrogen-bond donors (Lipinski definition) is 0. The van der Waals surface area contributed by atoms with Gasteiger partial charge in [0.2, 0.25) is 0 Å². The number of esters is 1. The van der Waals surface area contributed by atoms with Gasteiger partial charge in [-0.25, -0.2) is 4.79 Å². The van der Waals surface area contributed by atoms with E-state index in [-0.39, 0.29) is 5.97 Å². The summed E-state index contributed by atoms with van der Waals surface area (Å²) < 4.78 is 10.4. The van der Waals surface area contributed by atoms with E-state index < -0.39 is 0 Å². The van der Waals surface area contributed by atoms with Crippen molar-refractivity contribution < 1.29 is 14.3 Å². The first-order valence-corrected chi connectivity index (χ1v) is 7.89. The van der Waals surface area contributed by atoms with Gasteiger partial charge in [-0.3, -0.25) is 0 Å². The van der Waals surface area contributed by atoms with E-state index in [0.717, 1.165) is 30.9 Å². The predicted octanol–water partition coefficient (Wildman–Crippen LogP) is 3.43. The Bertz CT molecular complexity index is 712. The molecule has 2 aromatic rings. The molecule has 0 aliphatic carbocycles. The van der Waals surface area contributed by atoms with Gasteiger partial charge in [0.15, 0.2) is 0 Å². The zero-order chi connectivity index (χ0) is 16.2. The highest BCUT2D eigenvalue weighted by molar-refractivity contribution is 5.90. The number of rotatable bonds is 4. The Morgan fingerprint density at radius 3 is 2.83 bits per heavy atom. The summed E-state index contributed by atoms with van der Waals surface area (Å²) in [6.45, 7) is 3.97. The van der Waals surface area contributed by atoms with Gasteiger partial charge in [-0.1, -0.05) is 12.1 Å². The van der Waals surface area contributed by atoms with E-state index in [2.05, 4.69) is 17.0 Å². The summed E-state index contributed by atoms with van der Waals surface area (Å²) in [5.41, 5.74) is 4.29. The first-order chi connectivity index (χ1) is 11.2. The average Bonchev–Trinajstić information content (AvgIpc) is 2.61. The standard InChI is InChI=1S/C19H21NO3/c1-3-23-19(21)15-5-4-6-17(11-15)20-10-9-14-12-18(22-2)8-7-16(14)13-20/h4-8,11-12H,3,9-10,13H2,1-2H3. The molecule has 2 aromatic carbocycles. The molecule has 0 fully saturated rings. The predicted molar refractivity (Wildman–Crippen MR) is 90.1 cm³/mol. The van der Waals surface area contributed by atoms with Crippen molar-refractivity contribution in [1.82, 2.24) is 0 Å². The number of carbonyl (C=O) groups excluding carboxylic acids is 1. The lowest BCUT2D eigenvalue weighted by Crippen LogP contribution is -2.30. The van der Waals surface area contributed by atoms with Gasteiger partial charge in [0.05, 0.1) is 19.3 Å². The quantitative estimate of drug-likeness (QED) is 0.811. The Morgan fingerprint density at radius 1 is 1.17 bits per heavy atom. The summed E-state index contributed by atoms with van der Waals surface area (Å²) in [5, 5.41) is 0. The van der Waals surface area contributed by atoms with Gasteiger partial charge in [-0.05, 0) is 54.8 Å². The Labute approximate surface area is 136 Å². The third-order valence-electron chi connectivity index (χ3n) is 4.15. The van der Waals surface area contributed by atoms with Crippen molar-refractivity contribution in [1.29, 1.82) is 0 Å². The van der Waals surface area contributed by atoms with Gasteiger partial charge < -0.3 is 14.4 Å². The van der Waals surface area contributed by atoms with Crippen LogP contribution < -0.4 is 9.64 Å². The second-order valence-corrected chi connectivity index (χ2v) is 5.58. The molecule has 1 aliphatic heterocycles. The minimum Gasteiger partial charge on any atom is -0.497 e. The monoisotopic (exact) mass is 311 g/mol. The maximum absolute atomic E-state index is 11.9. The van der Waals surface area contributed by atoms with E-state index in [0.29, 0.717) is 12.2 Å². The van der Waals surface area contributed by atoms with E-state index in [1.807, 2.05) is 31.2 Å². The molecule has 0 saturated heterocycles. The van der Waals surface area contributed by atoms with Crippen LogP contribution in [0.4, 0.5) is 5.69 Å². The summed E-state index contributed by atoms with van der Waals surface area (Å²) in [4.78, 5) is 14.2. The highest BCUT2D eigenvalue weighted by Crippen LogP contribution is 2.27. The SMILES string of the molecule is CCOC(=O)c1cccc(N2CCc3cc(OC)ccc3C2)c1. The summed E-state index contributed by atoms with van der Waals surface area (Å²) in [6.07, 6.45) is 0.968. The Morgan fingerprint density at radius 2 is 2.04 bits per heavy atom. The number of hydrogen-bond acceptors (Lipinski definition) is 4. The highest BCUT2D eigenvalue weighted by atomic mass is 16.5. The van der Waals surface area contributed by atoms with Crippen LogP contribution in [0.1, 0.15) is 28.4 Å². The largest absolute Gasteiger partial charge is 0.497 e. The minimum absolute atomic E-state index is 0.267. The van der Waals surface area contributed by atoms with Crippen LogP contribution in [0.25, 0.3) is 0 Å². The van der Waals surface area contributed by atoms with Crippen molar-refractivity contribution in [2.75, 3.05) is 25.2 Å². The average molecular weight is 311 g/mol. The lowest BCUT2D eigenvalue weighted by molar-refractivity contribution is 0.0526. The molecule has 0 aromatic heterocycles. The smallest absolute Gasteiger partial charge is 0.338 e. The molecule has 0 atom stereocenters. The van der Waals surface area contributed by atoms with Gasteiger partial charge in [-0.15, -0.1) is 0 Å². The molecule has 0 bridgehead atoms. The minimum atomic E-state index is -0.267. The number of benzene rings is 2. The zero-order valence-corrected chi connectivity index (χ0v) is 13.5. The molecule has 23 heavy (non-hydrogen) atoms. The van der Waals surface area contributed by atoms with Crippen molar-refractivity contribution in [2.45, 2.75) is 19.9 Å².